The van der Waals surface area contributed by atoms with E-state index in [0.717, 1.165) is 22.4 Å². The summed E-state index contributed by atoms with van der Waals surface area (Å²) in [7, 11) is 0. The lowest BCUT2D eigenvalue weighted by molar-refractivity contribution is -0.713. The Morgan fingerprint density at radius 1 is 1.29 bits per heavy atom. The number of carbonyl (C=O) groups excluding carboxylic acids is 1. The van der Waals surface area contributed by atoms with Crippen molar-refractivity contribution in [2.24, 2.45) is 5.92 Å². The molecular formula is C18H25N2O+. The molecule has 1 aliphatic rings. The number of hydrogen-bond acceptors (Lipinski definition) is 1. The molecule has 1 fully saturated rings. The van der Waals surface area contributed by atoms with Crippen molar-refractivity contribution in [2.45, 2.75) is 51.6 Å². The van der Waals surface area contributed by atoms with Gasteiger partial charge in [-0.1, -0.05) is 31.5 Å². The van der Waals surface area contributed by atoms with E-state index in [0.29, 0.717) is 6.04 Å². The third-order valence-electron chi connectivity index (χ3n) is 4.98. The second kappa shape index (κ2) is 6.02. The average Bonchev–Trinajstić information content (AvgIpc) is 2.92. The van der Waals surface area contributed by atoms with Gasteiger partial charge in [0.25, 0.3) is 0 Å². The van der Waals surface area contributed by atoms with Gasteiger partial charge < -0.3 is 10.3 Å². The zero-order valence-electron chi connectivity index (χ0n) is 12.9. The fourth-order valence-corrected chi connectivity index (χ4v) is 3.61. The lowest BCUT2D eigenvalue weighted by atomic mass is 9.85. The number of aromatic amines is 1. The number of carbonyl (C=O) groups is 1. The lowest BCUT2D eigenvalue weighted by Gasteiger charge is -2.28. The molecule has 1 aromatic heterocycles. The number of nitrogens with two attached hydrogens (primary N) is 1. The molecule has 3 rings (SSSR count). The number of quaternary nitrogens is 1. The van der Waals surface area contributed by atoms with Gasteiger partial charge in [-0.25, -0.2) is 0 Å². The fraction of sp³-hybridized carbons (Fsp3) is 0.500. The van der Waals surface area contributed by atoms with Crippen molar-refractivity contribution < 1.29 is 10.1 Å². The van der Waals surface area contributed by atoms with E-state index in [9.17, 15) is 4.79 Å². The summed E-state index contributed by atoms with van der Waals surface area (Å²) in [6.07, 6.45) is 7.05. The molecule has 0 unspecified atom stereocenters. The molecule has 0 radical (unpaired) electrons. The SMILES string of the molecule is C[C@H]([NH2+][C@H]1CCCC[C@@H]1C)C(=O)c1c[nH]c2ccccc12. The minimum absolute atomic E-state index is 0.00486. The maximum Gasteiger partial charge on any atom is 0.221 e. The molecule has 3 nitrogen and oxygen atoms in total. The van der Waals surface area contributed by atoms with E-state index in [2.05, 4.69) is 17.2 Å². The first kappa shape index (κ1) is 14.3. The molecule has 1 heterocycles. The largest absolute Gasteiger partial charge is 0.360 e. The molecule has 3 heteroatoms. The van der Waals surface area contributed by atoms with Gasteiger partial charge in [-0.15, -0.1) is 0 Å². The summed E-state index contributed by atoms with van der Waals surface area (Å²) in [5.74, 6) is 0.960. The smallest absolute Gasteiger partial charge is 0.221 e. The first-order valence-electron chi connectivity index (χ1n) is 8.12. The molecule has 112 valence electrons. The van der Waals surface area contributed by atoms with E-state index >= 15 is 0 Å². The van der Waals surface area contributed by atoms with Crippen molar-refractivity contribution in [3.63, 3.8) is 0 Å². The molecule has 21 heavy (non-hydrogen) atoms. The molecule has 3 N–H and O–H groups in total. The van der Waals surface area contributed by atoms with Crippen LogP contribution in [0.5, 0.6) is 0 Å². The number of Topliss-reactive ketones (excluding diaryl/α,β-unsaturated/α-hetero) is 1. The molecule has 0 spiro atoms. The first-order valence-corrected chi connectivity index (χ1v) is 8.12. The number of aromatic nitrogens is 1. The Morgan fingerprint density at radius 3 is 2.86 bits per heavy atom. The van der Waals surface area contributed by atoms with Gasteiger partial charge in [-0.2, -0.15) is 0 Å². The minimum Gasteiger partial charge on any atom is -0.360 e. The number of ketones is 1. The molecule has 2 aromatic rings. The van der Waals surface area contributed by atoms with Crippen LogP contribution >= 0.6 is 0 Å². The van der Waals surface area contributed by atoms with Gasteiger partial charge >= 0.3 is 0 Å². The van der Waals surface area contributed by atoms with E-state index in [1.54, 1.807) is 0 Å². The third-order valence-corrected chi connectivity index (χ3v) is 4.98. The molecule has 0 bridgehead atoms. The fourth-order valence-electron chi connectivity index (χ4n) is 3.61. The summed E-state index contributed by atoms with van der Waals surface area (Å²) >= 11 is 0. The maximum atomic E-state index is 12.7. The van der Waals surface area contributed by atoms with Crippen LogP contribution in [0.25, 0.3) is 10.9 Å². The van der Waals surface area contributed by atoms with Crippen molar-refractivity contribution in [1.82, 2.24) is 4.98 Å². The highest BCUT2D eigenvalue weighted by molar-refractivity contribution is 6.09. The normalized spacial score (nSPS) is 24.1. The molecular weight excluding hydrogens is 260 g/mol. The second-order valence-corrected chi connectivity index (χ2v) is 6.52. The molecule has 1 aromatic carbocycles. The number of rotatable bonds is 4. The van der Waals surface area contributed by atoms with Crippen LogP contribution < -0.4 is 5.32 Å². The Kier molecular flexibility index (Phi) is 4.11. The summed E-state index contributed by atoms with van der Waals surface area (Å²) in [6, 6.07) is 8.62. The van der Waals surface area contributed by atoms with E-state index in [1.807, 2.05) is 37.4 Å². The summed E-state index contributed by atoms with van der Waals surface area (Å²) in [6.45, 7) is 4.37. The zero-order chi connectivity index (χ0) is 14.8. The average molecular weight is 285 g/mol. The maximum absolute atomic E-state index is 12.7. The Morgan fingerprint density at radius 2 is 2.05 bits per heavy atom. The Bertz CT molecular complexity index is 631. The topological polar surface area (TPSA) is 49.5 Å². The highest BCUT2D eigenvalue weighted by Crippen LogP contribution is 2.22. The third kappa shape index (κ3) is 2.88. The molecule has 1 aliphatic carbocycles. The Labute approximate surface area is 126 Å². The number of nitrogens with one attached hydrogen (secondary N) is 1. The van der Waals surface area contributed by atoms with Crippen molar-refractivity contribution in [3.05, 3.63) is 36.0 Å². The zero-order valence-corrected chi connectivity index (χ0v) is 12.9. The van der Waals surface area contributed by atoms with Crippen molar-refractivity contribution in [2.75, 3.05) is 0 Å². The highest BCUT2D eigenvalue weighted by atomic mass is 16.1. The molecule has 3 atom stereocenters. The van der Waals surface area contributed by atoms with E-state index in [1.165, 1.54) is 25.7 Å². The van der Waals surface area contributed by atoms with Gasteiger partial charge in [0.05, 0.1) is 6.04 Å². The predicted molar refractivity (Wildman–Crippen MR) is 85.4 cm³/mol. The number of para-hydroxylation sites is 1. The van der Waals surface area contributed by atoms with Crippen LogP contribution in [0.4, 0.5) is 0 Å². The van der Waals surface area contributed by atoms with Crippen LogP contribution in [-0.2, 0) is 0 Å². The number of fused-ring (bicyclic) bond motifs is 1. The van der Waals surface area contributed by atoms with Gasteiger partial charge in [-0.3, -0.25) is 4.79 Å². The predicted octanol–water partition coefficient (Wildman–Crippen LogP) is 2.88. The highest BCUT2D eigenvalue weighted by Gasteiger charge is 2.29. The van der Waals surface area contributed by atoms with E-state index in [4.69, 9.17) is 0 Å². The molecule has 0 aliphatic heterocycles. The van der Waals surface area contributed by atoms with Crippen LogP contribution in [0.15, 0.2) is 30.5 Å². The summed E-state index contributed by atoms with van der Waals surface area (Å²) < 4.78 is 0. The Balaban J connectivity index is 1.75. The molecule has 1 saturated carbocycles. The second-order valence-electron chi connectivity index (χ2n) is 6.52. The van der Waals surface area contributed by atoms with Crippen LogP contribution in [0.3, 0.4) is 0 Å². The van der Waals surface area contributed by atoms with Gasteiger partial charge in [0.2, 0.25) is 5.78 Å². The van der Waals surface area contributed by atoms with Gasteiger partial charge in [0.1, 0.15) is 6.04 Å². The van der Waals surface area contributed by atoms with Crippen LogP contribution in [-0.4, -0.2) is 22.9 Å². The first-order chi connectivity index (χ1) is 10.2. The van der Waals surface area contributed by atoms with Gasteiger partial charge in [-0.05, 0) is 32.3 Å². The summed E-state index contributed by atoms with van der Waals surface area (Å²) in [5, 5.41) is 3.34. The minimum atomic E-state index is -0.00486. The van der Waals surface area contributed by atoms with Crippen LogP contribution in [0.1, 0.15) is 49.9 Å². The monoisotopic (exact) mass is 285 g/mol. The number of H-pyrrole nitrogens is 1. The summed E-state index contributed by atoms with van der Waals surface area (Å²) in [4.78, 5) is 16.0. The van der Waals surface area contributed by atoms with Crippen LogP contribution in [0, 0.1) is 5.92 Å². The van der Waals surface area contributed by atoms with Gasteiger partial charge in [0, 0.05) is 28.6 Å². The van der Waals surface area contributed by atoms with Crippen LogP contribution in [0.2, 0.25) is 0 Å². The number of benzene rings is 1. The van der Waals surface area contributed by atoms with Crippen molar-refractivity contribution in [1.29, 1.82) is 0 Å². The standard InChI is InChI=1S/C18H24N2O/c1-12-7-3-5-9-16(12)20-13(2)18(21)15-11-19-17-10-6-4-8-14(15)17/h4,6,8,10-13,16,19-20H,3,5,7,9H2,1-2H3/p+1/t12-,13-,16-/m0/s1. The molecule has 0 amide bonds. The number of hydrogen-bond donors (Lipinski definition) is 2. The molecule has 0 saturated heterocycles. The lowest BCUT2D eigenvalue weighted by Crippen LogP contribution is -2.97. The van der Waals surface area contributed by atoms with Gasteiger partial charge in [0.15, 0.2) is 0 Å². The van der Waals surface area contributed by atoms with E-state index < -0.39 is 0 Å². The summed E-state index contributed by atoms with van der Waals surface area (Å²) in [5.41, 5.74) is 1.87. The Hall–Kier alpha value is -1.61. The van der Waals surface area contributed by atoms with Crippen molar-refractivity contribution in [3.8, 4) is 0 Å². The quantitative estimate of drug-likeness (QED) is 0.834. The van der Waals surface area contributed by atoms with Crippen molar-refractivity contribution >= 4 is 16.7 Å². The van der Waals surface area contributed by atoms with E-state index in [-0.39, 0.29) is 11.8 Å².